The molecule has 1 aliphatic heterocycles. The Balaban J connectivity index is 1.55. The van der Waals surface area contributed by atoms with Crippen LogP contribution in [-0.2, 0) is 9.53 Å². The quantitative estimate of drug-likeness (QED) is 0.231. The van der Waals surface area contributed by atoms with E-state index in [0.717, 1.165) is 68.3 Å². The lowest BCUT2D eigenvalue weighted by Crippen LogP contribution is -2.38. The number of ether oxygens (including phenoxy) is 2. The Labute approximate surface area is 220 Å². The molecule has 7 heteroatoms. The Morgan fingerprint density at radius 1 is 1.24 bits per heavy atom. The highest BCUT2D eigenvalue weighted by molar-refractivity contribution is 5.97. The molecule has 0 radical (unpaired) electrons. The molecule has 1 amide bonds. The summed E-state index contributed by atoms with van der Waals surface area (Å²) in [6.07, 6.45) is 7.58. The van der Waals surface area contributed by atoms with Gasteiger partial charge in [-0.3, -0.25) is 14.7 Å². The van der Waals surface area contributed by atoms with E-state index >= 15 is 0 Å². The number of para-hydroxylation sites is 1. The molecule has 1 N–H and O–H groups in total. The van der Waals surface area contributed by atoms with Crippen molar-refractivity contribution in [2.75, 3.05) is 39.5 Å². The van der Waals surface area contributed by atoms with Crippen LogP contribution in [0.2, 0.25) is 0 Å². The number of nitrogens with one attached hydrogen (secondary N) is 1. The summed E-state index contributed by atoms with van der Waals surface area (Å²) < 4.78 is 11.3. The van der Waals surface area contributed by atoms with Crippen molar-refractivity contribution >= 4 is 24.4 Å². The average molecular weight is 501 g/mol. The van der Waals surface area contributed by atoms with Crippen LogP contribution in [0.25, 0.3) is 6.08 Å². The summed E-state index contributed by atoms with van der Waals surface area (Å²) in [6, 6.07) is 17.3. The van der Waals surface area contributed by atoms with Crippen LogP contribution in [0.15, 0.2) is 71.2 Å². The number of hydrogen-bond acceptors (Lipinski definition) is 6. The molecule has 1 fully saturated rings. The summed E-state index contributed by atoms with van der Waals surface area (Å²) in [5.41, 5.74) is 2.81. The molecule has 1 unspecified atom stereocenters. The minimum Gasteiger partial charge on any atom is -0.492 e. The van der Waals surface area contributed by atoms with Gasteiger partial charge in [0.1, 0.15) is 24.0 Å². The molecule has 2 aromatic carbocycles. The molecule has 1 atom stereocenters. The molecule has 1 heterocycles. The van der Waals surface area contributed by atoms with E-state index in [-0.39, 0.29) is 17.5 Å². The number of nitriles is 1. The van der Waals surface area contributed by atoms with Crippen molar-refractivity contribution in [3.05, 3.63) is 77.4 Å². The van der Waals surface area contributed by atoms with Gasteiger partial charge in [0.15, 0.2) is 0 Å². The third-order valence-corrected chi connectivity index (χ3v) is 6.17. The molecular weight excluding hydrogens is 464 g/mol. The van der Waals surface area contributed by atoms with Gasteiger partial charge in [0.05, 0.1) is 24.9 Å². The van der Waals surface area contributed by atoms with Crippen molar-refractivity contribution in [2.45, 2.75) is 32.2 Å². The molecule has 37 heavy (non-hydrogen) atoms. The highest BCUT2D eigenvalue weighted by Gasteiger charge is 2.17. The van der Waals surface area contributed by atoms with Gasteiger partial charge in [0, 0.05) is 19.6 Å². The minimum absolute atomic E-state index is 0.101. The third kappa shape index (κ3) is 9.02. The lowest BCUT2D eigenvalue weighted by atomic mass is 10.0. The van der Waals surface area contributed by atoms with E-state index < -0.39 is 0 Å². The second-order valence-corrected chi connectivity index (χ2v) is 8.77. The van der Waals surface area contributed by atoms with Gasteiger partial charge in [-0.25, -0.2) is 0 Å². The lowest BCUT2D eigenvalue weighted by Gasteiger charge is -2.26. The predicted molar refractivity (Wildman–Crippen MR) is 148 cm³/mol. The van der Waals surface area contributed by atoms with Crippen molar-refractivity contribution in [1.29, 1.82) is 5.26 Å². The summed E-state index contributed by atoms with van der Waals surface area (Å²) in [4.78, 5) is 19.2. The number of amides is 1. The highest BCUT2D eigenvalue weighted by Crippen LogP contribution is 2.23. The maximum Gasteiger partial charge on any atom is 0.262 e. The Morgan fingerprint density at radius 2 is 2.00 bits per heavy atom. The van der Waals surface area contributed by atoms with E-state index in [1.807, 2.05) is 66.8 Å². The fourth-order valence-corrected chi connectivity index (χ4v) is 4.10. The topological polar surface area (TPSA) is 87.0 Å². The Kier molecular flexibility index (Phi) is 11.6. The highest BCUT2D eigenvalue weighted by atomic mass is 16.5. The van der Waals surface area contributed by atoms with Crippen LogP contribution in [0.1, 0.15) is 43.4 Å². The van der Waals surface area contributed by atoms with Crippen molar-refractivity contribution in [3.8, 4) is 11.8 Å². The number of allylic oxidation sites excluding steroid dienone is 2. The summed E-state index contributed by atoms with van der Waals surface area (Å²) in [7, 11) is 0. The van der Waals surface area contributed by atoms with Crippen LogP contribution in [0, 0.1) is 11.3 Å². The molecule has 1 saturated heterocycles. The SMILES string of the molecule is C=Nc1ccccc1/C=C\C/C=C(\C#N)C(=O)NC(CCC)c1ccc(OCCN2CCOCC2)cc1. The van der Waals surface area contributed by atoms with E-state index in [2.05, 4.69) is 28.9 Å². The van der Waals surface area contributed by atoms with Crippen LogP contribution in [0.4, 0.5) is 5.69 Å². The van der Waals surface area contributed by atoms with Crippen molar-refractivity contribution in [3.63, 3.8) is 0 Å². The van der Waals surface area contributed by atoms with Gasteiger partial charge in [0.2, 0.25) is 0 Å². The predicted octanol–water partition coefficient (Wildman–Crippen LogP) is 5.24. The lowest BCUT2D eigenvalue weighted by molar-refractivity contribution is -0.117. The molecule has 0 bridgehead atoms. The molecular formula is C30H36N4O3. The first-order chi connectivity index (χ1) is 18.1. The van der Waals surface area contributed by atoms with Gasteiger partial charge in [-0.05, 0) is 48.9 Å². The largest absolute Gasteiger partial charge is 0.492 e. The van der Waals surface area contributed by atoms with Crippen LogP contribution >= 0.6 is 0 Å². The van der Waals surface area contributed by atoms with Crippen LogP contribution in [-0.4, -0.2) is 57.0 Å². The van der Waals surface area contributed by atoms with E-state index in [4.69, 9.17) is 9.47 Å². The second-order valence-electron chi connectivity index (χ2n) is 8.77. The van der Waals surface area contributed by atoms with E-state index in [0.29, 0.717) is 13.0 Å². The molecule has 2 aromatic rings. The van der Waals surface area contributed by atoms with Crippen LogP contribution in [0.3, 0.4) is 0 Å². The summed E-state index contributed by atoms with van der Waals surface area (Å²) >= 11 is 0. The van der Waals surface area contributed by atoms with Crippen molar-refractivity contribution in [1.82, 2.24) is 10.2 Å². The van der Waals surface area contributed by atoms with Crippen LogP contribution in [0.5, 0.6) is 5.75 Å². The summed E-state index contributed by atoms with van der Waals surface area (Å²) in [5.74, 6) is 0.435. The summed E-state index contributed by atoms with van der Waals surface area (Å²) in [6.45, 7) is 10.6. The van der Waals surface area contributed by atoms with Gasteiger partial charge in [-0.2, -0.15) is 5.26 Å². The van der Waals surface area contributed by atoms with Gasteiger partial charge < -0.3 is 14.8 Å². The maximum atomic E-state index is 12.9. The maximum absolute atomic E-state index is 12.9. The number of morpholine rings is 1. The normalized spacial score (nSPS) is 15.2. The molecule has 0 saturated carbocycles. The number of carbonyl (C=O) groups is 1. The zero-order valence-corrected chi connectivity index (χ0v) is 21.6. The number of hydrogen-bond donors (Lipinski definition) is 1. The zero-order chi connectivity index (χ0) is 26.3. The van der Waals surface area contributed by atoms with Gasteiger partial charge >= 0.3 is 0 Å². The first-order valence-corrected chi connectivity index (χ1v) is 12.8. The molecule has 0 aliphatic carbocycles. The second kappa shape index (κ2) is 15.4. The van der Waals surface area contributed by atoms with Gasteiger partial charge in [0.25, 0.3) is 5.91 Å². The Morgan fingerprint density at radius 3 is 2.70 bits per heavy atom. The zero-order valence-electron chi connectivity index (χ0n) is 21.6. The number of aliphatic imine (C=N–C) groups is 1. The monoisotopic (exact) mass is 500 g/mol. The first-order valence-electron chi connectivity index (χ1n) is 12.8. The number of carbonyl (C=O) groups excluding carboxylic acids is 1. The molecule has 0 spiro atoms. The average Bonchev–Trinajstić information content (AvgIpc) is 2.94. The van der Waals surface area contributed by atoms with Crippen molar-refractivity contribution in [2.24, 2.45) is 4.99 Å². The molecule has 3 rings (SSSR count). The Hall–Kier alpha value is -3.73. The minimum atomic E-state index is -0.367. The molecule has 7 nitrogen and oxygen atoms in total. The smallest absolute Gasteiger partial charge is 0.262 e. The third-order valence-electron chi connectivity index (χ3n) is 6.17. The fourth-order valence-electron chi connectivity index (χ4n) is 4.10. The number of nitrogens with zero attached hydrogens (tertiary/aromatic N) is 3. The van der Waals surface area contributed by atoms with Crippen LogP contribution < -0.4 is 10.1 Å². The summed E-state index contributed by atoms with van der Waals surface area (Å²) in [5, 5.41) is 12.6. The Bertz CT molecular complexity index is 1110. The van der Waals surface area contributed by atoms with E-state index in [1.165, 1.54) is 0 Å². The van der Waals surface area contributed by atoms with Gasteiger partial charge in [-0.1, -0.05) is 61.9 Å². The van der Waals surface area contributed by atoms with Gasteiger partial charge in [-0.15, -0.1) is 0 Å². The van der Waals surface area contributed by atoms with Crippen molar-refractivity contribution < 1.29 is 14.3 Å². The first kappa shape index (κ1) is 27.9. The van der Waals surface area contributed by atoms with E-state index in [9.17, 15) is 10.1 Å². The molecule has 194 valence electrons. The fraction of sp³-hybridized carbons (Fsp3) is 0.367. The molecule has 1 aliphatic rings. The van der Waals surface area contributed by atoms with E-state index in [1.54, 1.807) is 6.08 Å². The standard InChI is InChI=1S/C30H36N4O3/c1-3-8-29(25-13-15-27(16-14-25)37-22-19-34-17-20-36-21-18-34)33-30(35)26(23-31)11-5-4-9-24-10-6-7-12-28(24)32-2/h4,6-7,9-16,29H,2-3,5,8,17-22H2,1H3,(H,33,35)/b9-4-,26-11+. The molecule has 0 aromatic heterocycles. The number of benzene rings is 2. The number of rotatable bonds is 13.